The molecule has 0 aliphatic heterocycles. The van der Waals surface area contributed by atoms with E-state index in [-0.39, 0.29) is 26.8 Å². The molecule has 0 aromatic rings. The Kier molecular flexibility index (Phi) is 20.8. The minimum Gasteiger partial charge on any atom is -0.285 e. The third kappa shape index (κ3) is 17.1. The fourth-order valence-corrected chi connectivity index (χ4v) is 0. The third-order valence-corrected chi connectivity index (χ3v) is 0. The van der Waals surface area contributed by atoms with Gasteiger partial charge in [0.15, 0.2) is 0 Å². The molecule has 0 saturated heterocycles. The average molecular weight is 260 g/mol. The van der Waals surface area contributed by atoms with Crippen LogP contribution in [0.3, 0.4) is 0 Å². The van der Waals surface area contributed by atoms with Crippen molar-refractivity contribution in [1.82, 2.24) is 0 Å². The summed E-state index contributed by atoms with van der Waals surface area (Å²) in [4.78, 5) is 8.57. The van der Waals surface area contributed by atoms with Crippen molar-refractivity contribution in [3.8, 4) is 0 Å². The first-order valence-corrected chi connectivity index (χ1v) is 0.890. The standard InChI is InChI=1S/CHClO.Pt/c2-1-3;/h1H;. The van der Waals surface area contributed by atoms with Crippen LogP contribution in [0.15, 0.2) is 0 Å². The summed E-state index contributed by atoms with van der Waals surface area (Å²) in [6, 6.07) is 0. The monoisotopic (exact) mass is 259 g/mol. The SMILES string of the molecule is O=CCl.[Pt]. The topological polar surface area (TPSA) is 17.1 Å². The summed E-state index contributed by atoms with van der Waals surface area (Å²) in [6.45, 7) is 0. The summed E-state index contributed by atoms with van der Waals surface area (Å²) >= 11 is 4.32. The van der Waals surface area contributed by atoms with Gasteiger partial charge in [0.2, 0.25) is 5.75 Å². The van der Waals surface area contributed by atoms with Gasteiger partial charge in [-0.05, 0) is 11.6 Å². The Balaban J connectivity index is 0. The largest absolute Gasteiger partial charge is 0.285 e. The molecule has 0 N–H and O–H groups in total. The van der Waals surface area contributed by atoms with E-state index in [0.29, 0.717) is 0 Å². The van der Waals surface area contributed by atoms with Crippen molar-refractivity contribution >= 4 is 17.3 Å². The fraction of sp³-hybridized carbons (Fsp3) is 0. The first kappa shape index (κ1) is 8.82. The maximum absolute atomic E-state index is 8.57. The van der Waals surface area contributed by atoms with E-state index in [2.05, 4.69) is 11.6 Å². The van der Waals surface area contributed by atoms with Gasteiger partial charge in [0.1, 0.15) is 0 Å². The molecular formula is CHClOPt. The van der Waals surface area contributed by atoms with E-state index in [0.717, 1.165) is 0 Å². The molecule has 3 heteroatoms. The Hall–Kier alpha value is 0.648. The molecule has 0 spiro atoms. The Morgan fingerprint density at radius 1 is 1.75 bits per heavy atom. The van der Waals surface area contributed by atoms with E-state index in [1.165, 1.54) is 0 Å². The molecule has 4 heavy (non-hydrogen) atoms. The Bertz CT molecular complexity index is 15.5. The van der Waals surface area contributed by atoms with Gasteiger partial charge < -0.3 is 0 Å². The molecule has 0 radical (unpaired) electrons. The van der Waals surface area contributed by atoms with E-state index >= 15 is 0 Å². The molecule has 1 nitrogen and oxygen atoms in total. The maximum atomic E-state index is 8.57. The van der Waals surface area contributed by atoms with Crippen molar-refractivity contribution in [2.75, 3.05) is 0 Å². The van der Waals surface area contributed by atoms with E-state index in [4.69, 9.17) is 4.79 Å². The minimum atomic E-state index is 0. The van der Waals surface area contributed by atoms with Crippen LogP contribution in [0, 0.1) is 0 Å². The number of carbonyl (C=O) groups excluding carboxylic acids is 1. The zero-order chi connectivity index (χ0) is 2.71. The summed E-state index contributed by atoms with van der Waals surface area (Å²) in [6.07, 6.45) is 0. The van der Waals surface area contributed by atoms with Crippen molar-refractivity contribution in [3.05, 3.63) is 0 Å². The van der Waals surface area contributed by atoms with Gasteiger partial charge in [-0.2, -0.15) is 0 Å². The molecule has 0 unspecified atom stereocenters. The van der Waals surface area contributed by atoms with Gasteiger partial charge in [-0.25, -0.2) is 0 Å². The first-order chi connectivity index (χ1) is 1.41. The normalized spacial score (nSPS) is 3.25. The van der Waals surface area contributed by atoms with Crippen LogP contribution < -0.4 is 0 Å². The predicted molar refractivity (Wildman–Crippen MR) is 12.6 cm³/mol. The molecular weight excluding hydrogens is 259 g/mol. The van der Waals surface area contributed by atoms with Gasteiger partial charge in [0.05, 0.1) is 0 Å². The Morgan fingerprint density at radius 2 is 1.75 bits per heavy atom. The van der Waals surface area contributed by atoms with Gasteiger partial charge in [-0.3, -0.25) is 4.79 Å². The molecule has 0 rings (SSSR count). The van der Waals surface area contributed by atoms with E-state index in [9.17, 15) is 0 Å². The maximum Gasteiger partial charge on any atom is 0.208 e. The molecule has 0 bridgehead atoms. The van der Waals surface area contributed by atoms with Gasteiger partial charge in [-0.15, -0.1) is 0 Å². The second-order valence-electron chi connectivity index (χ2n) is 0.0891. The summed E-state index contributed by atoms with van der Waals surface area (Å²) in [7, 11) is 0. The van der Waals surface area contributed by atoms with Crippen molar-refractivity contribution in [1.29, 1.82) is 0 Å². The van der Waals surface area contributed by atoms with Crippen LogP contribution in [0.1, 0.15) is 0 Å². The van der Waals surface area contributed by atoms with E-state index in [1.807, 2.05) is 0 Å². The summed E-state index contributed by atoms with van der Waals surface area (Å²) in [5.41, 5.74) is 0. The second kappa shape index (κ2) is 9.42. The van der Waals surface area contributed by atoms with Crippen LogP contribution in [0.2, 0.25) is 0 Å². The molecule has 0 aliphatic rings. The number of carbonyl (C=O) groups is 1. The fourth-order valence-electron chi connectivity index (χ4n) is 0. The summed E-state index contributed by atoms with van der Waals surface area (Å²) in [5, 5.41) is 0. The number of halogens is 1. The van der Waals surface area contributed by atoms with Crippen molar-refractivity contribution in [2.45, 2.75) is 0 Å². The molecule has 0 heterocycles. The van der Waals surface area contributed by atoms with Gasteiger partial charge >= 0.3 is 0 Å². The molecule has 0 saturated carbocycles. The number of rotatable bonds is 0. The average Bonchev–Trinajstić information content (AvgIpc) is 0.918. The van der Waals surface area contributed by atoms with Gasteiger partial charge in [-0.1, -0.05) is 0 Å². The third-order valence-electron chi connectivity index (χ3n) is 0. The van der Waals surface area contributed by atoms with E-state index < -0.39 is 0 Å². The van der Waals surface area contributed by atoms with Crippen molar-refractivity contribution in [2.24, 2.45) is 0 Å². The number of hydrogen-bond donors (Lipinski definition) is 0. The van der Waals surface area contributed by atoms with Crippen LogP contribution in [0.4, 0.5) is 0 Å². The Morgan fingerprint density at radius 3 is 1.75 bits per heavy atom. The van der Waals surface area contributed by atoms with Crippen LogP contribution in [0.5, 0.6) is 0 Å². The molecule has 0 atom stereocenters. The molecule has 28 valence electrons. The smallest absolute Gasteiger partial charge is 0.208 e. The van der Waals surface area contributed by atoms with Gasteiger partial charge in [0, 0.05) is 21.1 Å². The first-order valence-electron chi connectivity index (χ1n) is 0.454. The van der Waals surface area contributed by atoms with Crippen molar-refractivity contribution < 1.29 is 25.9 Å². The van der Waals surface area contributed by atoms with Gasteiger partial charge in [0.25, 0.3) is 0 Å². The zero-order valence-electron chi connectivity index (χ0n) is 1.68. The molecule has 0 amide bonds. The summed E-state index contributed by atoms with van der Waals surface area (Å²) < 4.78 is 0. The quantitative estimate of drug-likeness (QED) is 0.455. The van der Waals surface area contributed by atoms with Crippen LogP contribution in [-0.2, 0) is 25.9 Å². The Labute approximate surface area is 43.6 Å². The minimum absolute atomic E-state index is 0. The second-order valence-corrected chi connectivity index (χ2v) is 0.267. The zero-order valence-corrected chi connectivity index (χ0v) is 4.71. The molecule has 0 aromatic carbocycles. The number of hydrogen-bond acceptors (Lipinski definition) is 1. The molecule has 0 aromatic heterocycles. The predicted octanol–water partition coefficient (Wildman–Crippen LogP) is 0.413. The molecule has 0 fully saturated rings. The molecule has 0 aliphatic carbocycles. The van der Waals surface area contributed by atoms with Crippen LogP contribution >= 0.6 is 11.6 Å². The van der Waals surface area contributed by atoms with Crippen LogP contribution in [0.25, 0.3) is 0 Å². The van der Waals surface area contributed by atoms with Crippen molar-refractivity contribution in [3.63, 3.8) is 0 Å². The van der Waals surface area contributed by atoms with Crippen LogP contribution in [-0.4, -0.2) is 5.75 Å². The van der Waals surface area contributed by atoms with E-state index in [1.54, 1.807) is 0 Å². The summed E-state index contributed by atoms with van der Waals surface area (Å²) in [5.74, 6) is 0.222.